The summed E-state index contributed by atoms with van der Waals surface area (Å²) in [6.45, 7) is 4.70. The van der Waals surface area contributed by atoms with E-state index in [0.29, 0.717) is 0 Å². The molecule has 0 radical (unpaired) electrons. The fourth-order valence-corrected chi connectivity index (χ4v) is 12.3. The molecule has 3 heterocycles. The van der Waals surface area contributed by atoms with Gasteiger partial charge in [0.05, 0.1) is 0 Å². The smallest absolute Gasteiger partial charge is 0.143 e. The molecule has 0 saturated heterocycles. The predicted octanol–water partition coefficient (Wildman–Crippen LogP) is 18.6. The van der Waals surface area contributed by atoms with Crippen molar-refractivity contribution >= 4 is 92.4 Å². The summed E-state index contributed by atoms with van der Waals surface area (Å²) in [6.07, 6.45) is 0. The number of furan rings is 2. The zero-order chi connectivity index (χ0) is 44.4. The van der Waals surface area contributed by atoms with Crippen molar-refractivity contribution in [2.24, 2.45) is 0 Å². The van der Waals surface area contributed by atoms with Gasteiger partial charge in [0.1, 0.15) is 22.3 Å². The molecule has 3 aromatic heterocycles. The van der Waals surface area contributed by atoms with Crippen molar-refractivity contribution < 1.29 is 8.83 Å². The molecule has 4 heteroatoms. The van der Waals surface area contributed by atoms with Crippen molar-refractivity contribution in [1.29, 1.82) is 0 Å². The van der Waals surface area contributed by atoms with Crippen molar-refractivity contribution in [1.82, 2.24) is 0 Å². The molecule has 3 nitrogen and oxygen atoms in total. The highest BCUT2D eigenvalue weighted by atomic mass is 32.1. The van der Waals surface area contributed by atoms with E-state index in [-0.39, 0.29) is 5.41 Å². The molecule has 14 rings (SSSR count). The van der Waals surface area contributed by atoms with Gasteiger partial charge in [0.2, 0.25) is 0 Å². The van der Waals surface area contributed by atoms with Crippen LogP contribution in [0, 0.1) is 0 Å². The Balaban J connectivity index is 0.959. The summed E-state index contributed by atoms with van der Waals surface area (Å²) in [5, 5.41) is 6.86. The van der Waals surface area contributed by atoms with Crippen LogP contribution in [0.15, 0.2) is 221 Å². The van der Waals surface area contributed by atoms with Gasteiger partial charge < -0.3 is 13.7 Å². The van der Waals surface area contributed by atoms with E-state index in [1.54, 1.807) is 0 Å². The van der Waals surface area contributed by atoms with E-state index in [1.807, 2.05) is 29.5 Å². The van der Waals surface area contributed by atoms with Crippen LogP contribution in [0.1, 0.15) is 25.0 Å². The fraction of sp³-hybridized carbons (Fsp3) is 0.0476. The summed E-state index contributed by atoms with van der Waals surface area (Å²) < 4.78 is 16.0. The Kier molecular flexibility index (Phi) is 8.20. The van der Waals surface area contributed by atoms with Crippen LogP contribution in [0.5, 0.6) is 0 Å². The summed E-state index contributed by atoms with van der Waals surface area (Å²) in [6, 6.07) is 77.1. The topological polar surface area (TPSA) is 29.5 Å². The second-order valence-electron chi connectivity index (χ2n) is 18.4. The quantitative estimate of drug-likeness (QED) is 0.167. The molecule has 0 saturated carbocycles. The van der Waals surface area contributed by atoms with Gasteiger partial charge in [-0.05, 0) is 117 Å². The van der Waals surface area contributed by atoms with Crippen LogP contribution in [0.2, 0.25) is 0 Å². The largest absolute Gasteiger partial charge is 0.456 e. The molecule has 10 aromatic carbocycles. The third kappa shape index (κ3) is 5.76. The lowest BCUT2D eigenvalue weighted by atomic mass is 9.82. The summed E-state index contributed by atoms with van der Waals surface area (Å²) in [7, 11) is 0. The normalized spacial score (nSPS) is 13.0. The van der Waals surface area contributed by atoms with E-state index in [4.69, 9.17) is 8.83 Å². The molecule has 1 aliphatic carbocycles. The first kappa shape index (κ1) is 38.1. The molecule has 0 aliphatic heterocycles. The monoisotopic (exact) mass is 875 g/mol. The minimum Gasteiger partial charge on any atom is -0.456 e. The van der Waals surface area contributed by atoms with Crippen LogP contribution in [-0.2, 0) is 5.41 Å². The van der Waals surface area contributed by atoms with E-state index in [2.05, 4.69) is 213 Å². The Morgan fingerprint density at radius 2 is 0.970 bits per heavy atom. The number of hydrogen-bond acceptors (Lipinski definition) is 4. The second kappa shape index (κ2) is 14.4. The first-order chi connectivity index (χ1) is 33.0. The molecule has 67 heavy (non-hydrogen) atoms. The number of anilines is 3. The van der Waals surface area contributed by atoms with E-state index in [1.165, 1.54) is 59.1 Å². The van der Waals surface area contributed by atoms with Crippen LogP contribution >= 0.6 is 11.3 Å². The van der Waals surface area contributed by atoms with Gasteiger partial charge in [-0.3, -0.25) is 0 Å². The van der Waals surface area contributed by atoms with Crippen molar-refractivity contribution in [3.05, 3.63) is 223 Å². The van der Waals surface area contributed by atoms with Gasteiger partial charge in [-0.1, -0.05) is 153 Å². The van der Waals surface area contributed by atoms with Crippen LogP contribution in [-0.4, -0.2) is 0 Å². The maximum Gasteiger partial charge on any atom is 0.143 e. The molecule has 316 valence electrons. The number of rotatable bonds is 6. The molecular weight excluding hydrogens is 835 g/mol. The summed E-state index contributed by atoms with van der Waals surface area (Å²) in [5.74, 6) is 0. The standard InChI is InChI=1S/C63H41NO2S/c1-63(2)53-20-9-6-15-45(53)46-32-31-44(37-54(46)63)64(42-27-23-39(24-28-42)38-13-4-3-5-14-38)43-29-25-40(26-30-43)41-35-51(49-19-12-18-48-47-16-8-11-22-58(47)67-62(48)49)61-52(36-41)60-57(66-61)34-33-56-59(60)50-17-7-10-21-55(50)65-56/h3-37H,1-2H3. The lowest BCUT2D eigenvalue weighted by Crippen LogP contribution is -2.16. The lowest BCUT2D eigenvalue weighted by Gasteiger charge is -2.28. The molecule has 1 aliphatic rings. The number of para-hydroxylation sites is 1. The SMILES string of the molecule is CC1(C)c2ccccc2-c2ccc(N(c3ccc(-c4ccccc4)cc3)c3ccc(-c4cc(-c5cccc6c5sc5ccccc56)c5oc6ccc7oc8ccccc8c7c6c5c4)cc3)cc21. The molecule has 0 bridgehead atoms. The predicted molar refractivity (Wildman–Crippen MR) is 282 cm³/mol. The zero-order valence-electron chi connectivity index (χ0n) is 36.9. The van der Waals surface area contributed by atoms with Gasteiger partial charge in [0.25, 0.3) is 0 Å². The molecule has 0 amide bonds. The minimum atomic E-state index is -0.128. The molecule has 0 atom stereocenters. The Hall–Kier alpha value is -8.18. The van der Waals surface area contributed by atoms with Crippen molar-refractivity contribution in [3.8, 4) is 44.5 Å². The van der Waals surface area contributed by atoms with E-state index in [0.717, 1.165) is 77.6 Å². The third-order valence-corrected chi connectivity index (χ3v) is 15.5. The van der Waals surface area contributed by atoms with Crippen molar-refractivity contribution in [3.63, 3.8) is 0 Å². The Morgan fingerprint density at radius 1 is 0.373 bits per heavy atom. The summed E-state index contributed by atoms with van der Waals surface area (Å²) >= 11 is 1.85. The van der Waals surface area contributed by atoms with Gasteiger partial charge in [0.15, 0.2) is 0 Å². The Labute approximate surface area is 391 Å². The average Bonchev–Trinajstić information content (AvgIpc) is 4.12. The van der Waals surface area contributed by atoms with Crippen LogP contribution in [0.3, 0.4) is 0 Å². The molecule has 0 spiro atoms. The first-order valence-corrected chi connectivity index (χ1v) is 23.8. The van der Waals surface area contributed by atoms with E-state index in [9.17, 15) is 0 Å². The highest BCUT2D eigenvalue weighted by Crippen LogP contribution is 2.52. The Bertz CT molecular complexity index is 4110. The number of benzene rings is 10. The summed E-state index contributed by atoms with van der Waals surface area (Å²) in [5.41, 5.74) is 18.9. The van der Waals surface area contributed by atoms with Gasteiger partial charge >= 0.3 is 0 Å². The van der Waals surface area contributed by atoms with Crippen molar-refractivity contribution in [2.75, 3.05) is 4.90 Å². The van der Waals surface area contributed by atoms with Crippen molar-refractivity contribution in [2.45, 2.75) is 19.3 Å². The Morgan fingerprint density at radius 3 is 1.78 bits per heavy atom. The first-order valence-electron chi connectivity index (χ1n) is 23.0. The number of hydrogen-bond donors (Lipinski definition) is 0. The maximum atomic E-state index is 6.99. The minimum absolute atomic E-state index is 0.128. The fourth-order valence-electron chi connectivity index (χ4n) is 11.0. The highest BCUT2D eigenvalue weighted by molar-refractivity contribution is 7.26. The van der Waals surface area contributed by atoms with Crippen LogP contribution in [0.4, 0.5) is 17.1 Å². The van der Waals surface area contributed by atoms with E-state index >= 15 is 0 Å². The molecule has 13 aromatic rings. The third-order valence-electron chi connectivity index (χ3n) is 14.3. The number of nitrogens with zero attached hydrogens (tertiary/aromatic N) is 1. The summed E-state index contributed by atoms with van der Waals surface area (Å²) in [4.78, 5) is 2.40. The molecular formula is C63H41NO2S. The lowest BCUT2D eigenvalue weighted by molar-refractivity contribution is 0.660. The molecule has 0 fully saturated rings. The van der Waals surface area contributed by atoms with Gasteiger partial charge in [-0.2, -0.15) is 0 Å². The molecule has 0 N–H and O–H groups in total. The maximum absolute atomic E-state index is 6.99. The number of thiophene rings is 1. The van der Waals surface area contributed by atoms with Crippen LogP contribution in [0.25, 0.3) is 109 Å². The van der Waals surface area contributed by atoms with Crippen LogP contribution < -0.4 is 4.90 Å². The van der Waals surface area contributed by atoms with Gasteiger partial charge in [-0.15, -0.1) is 11.3 Å². The molecule has 0 unspecified atom stereocenters. The number of fused-ring (bicyclic) bond motifs is 13. The zero-order valence-corrected chi connectivity index (χ0v) is 37.7. The van der Waals surface area contributed by atoms with Gasteiger partial charge in [-0.25, -0.2) is 0 Å². The van der Waals surface area contributed by atoms with E-state index < -0.39 is 0 Å². The highest BCUT2D eigenvalue weighted by Gasteiger charge is 2.36. The van der Waals surface area contributed by atoms with Gasteiger partial charge in [0, 0.05) is 75.3 Å². The average molecular weight is 876 g/mol. The second-order valence-corrected chi connectivity index (χ2v) is 19.4.